The molecule has 2 aromatic rings. The minimum Gasteiger partial charge on any atom is -0.324 e. The second-order valence-corrected chi connectivity index (χ2v) is 9.22. The molecule has 2 aromatic carbocycles. The predicted molar refractivity (Wildman–Crippen MR) is 123 cm³/mol. The van der Waals surface area contributed by atoms with Gasteiger partial charge in [-0.15, -0.1) is 11.8 Å². The fourth-order valence-corrected chi connectivity index (χ4v) is 5.58. The lowest BCUT2D eigenvalue weighted by Gasteiger charge is -2.43. The zero-order chi connectivity index (χ0) is 21.0. The molecule has 5 nitrogen and oxygen atoms in total. The molecule has 0 unspecified atom stereocenters. The summed E-state index contributed by atoms with van der Waals surface area (Å²) in [5.41, 5.74) is 2.92. The number of urea groups is 1. The number of carbonyl (C=O) groups is 2. The van der Waals surface area contributed by atoms with Crippen molar-refractivity contribution in [3.05, 3.63) is 71.8 Å². The molecule has 2 fully saturated rings. The van der Waals surface area contributed by atoms with Crippen LogP contribution in [0.15, 0.2) is 60.7 Å². The van der Waals surface area contributed by atoms with Crippen molar-refractivity contribution >= 4 is 35.5 Å². The maximum atomic E-state index is 12.9. The van der Waals surface area contributed by atoms with Crippen molar-refractivity contribution in [3.8, 4) is 0 Å². The van der Waals surface area contributed by atoms with Crippen LogP contribution in [0.2, 0.25) is 0 Å². The van der Waals surface area contributed by atoms with E-state index in [0.717, 1.165) is 42.0 Å². The Morgan fingerprint density at radius 3 is 2.43 bits per heavy atom. The second-order valence-electron chi connectivity index (χ2n) is 7.76. The Labute approximate surface area is 182 Å². The van der Waals surface area contributed by atoms with Crippen LogP contribution in [0.3, 0.4) is 0 Å². The van der Waals surface area contributed by atoms with E-state index in [2.05, 4.69) is 5.32 Å². The Balaban J connectivity index is 1.37. The average Bonchev–Trinajstić information content (AvgIpc) is 3.18. The number of hydrogen-bond acceptors (Lipinski definition) is 3. The van der Waals surface area contributed by atoms with Crippen molar-refractivity contribution < 1.29 is 9.59 Å². The van der Waals surface area contributed by atoms with Crippen LogP contribution >= 0.6 is 11.8 Å². The van der Waals surface area contributed by atoms with Crippen molar-refractivity contribution in [2.75, 3.05) is 30.7 Å². The van der Waals surface area contributed by atoms with E-state index in [-0.39, 0.29) is 16.8 Å². The van der Waals surface area contributed by atoms with E-state index in [0.29, 0.717) is 13.1 Å². The number of amides is 3. The predicted octanol–water partition coefficient (Wildman–Crippen LogP) is 4.61. The van der Waals surface area contributed by atoms with Crippen molar-refractivity contribution in [2.45, 2.75) is 24.6 Å². The van der Waals surface area contributed by atoms with Gasteiger partial charge in [-0.1, -0.05) is 48.5 Å². The van der Waals surface area contributed by atoms with E-state index in [9.17, 15) is 9.59 Å². The number of thioether (sulfide) groups is 1. The number of hydrogen-bond donors (Lipinski definition) is 1. The highest BCUT2D eigenvalue weighted by molar-refractivity contribution is 8.00. The number of para-hydroxylation sites is 1. The van der Waals surface area contributed by atoms with Crippen LogP contribution in [0.25, 0.3) is 6.08 Å². The molecule has 0 bridgehead atoms. The third-order valence-electron chi connectivity index (χ3n) is 5.88. The van der Waals surface area contributed by atoms with Gasteiger partial charge in [-0.25, -0.2) is 4.79 Å². The Morgan fingerprint density at radius 1 is 1.00 bits per heavy atom. The zero-order valence-electron chi connectivity index (χ0n) is 17.2. The van der Waals surface area contributed by atoms with Gasteiger partial charge in [0.15, 0.2) is 0 Å². The molecule has 6 heteroatoms. The monoisotopic (exact) mass is 421 g/mol. The number of likely N-dealkylation sites (tertiary alicyclic amines) is 1. The summed E-state index contributed by atoms with van der Waals surface area (Å²) in [5, 5.41) is 3.02. The fraction of sp³-hybridized carbons (Fsp3) is 0.333. The van der Waals surface area contributed by atoms with E-state index >= 15 is 0 Å². The molecule has 2 heterocycles. The molecule has 2 aliphatic rings. The standard InChI is InChI=1S/C24H27N3O2S/c1-19-7-5-6-10-21(19)25-23(29)26-15-13-24(14-16-26)27(17-18-30-24)22(28)12-11-20-8-3-2-4-9-20/h2-12H,13-18H2,1H3,(H,25,29). The maximum Gasteiger partial charge on any atom is 0.321 e. The molecule has 0 atom stereocenters. The fourth-order valence-electron chi connectivity index (χ4n) is 4.12. The lowest BCUT2D eigenvalue weighted by atomic mass is 10.0. The third kappa shape index (κ3) is 4.38. The molecule has 4 rings (SSSR count). The van der Waals surface area contributed by atoms with Gasteiger partial charge >= 0.3 is 6.03 Å². The number of anilines is 1. The first-order valence-electron chi connectivity index (χ1n) is 10.4. The lowest BCUT2D eigenvalue weighted by molar-refractivity contribution is -0.129. The van der Waals surface area contributed by atoms with E-state index in [1.54, 1.807) is 6.08 Å². The molecule has 0 radical (unpaired) electrons. The summed E-state index contributed by atoms with van der Waals surface area (Å²) < 4.78 is 0. The quantitative estimate of drug-likeness (QED) is 0.737. The molecule has 2 aliphatic heterocycles. The number of benzene rings is 2. The number of nitrogens with one attached hydrogen (secondary N) is 1. The van der Waals surface area contributed by atoms with Gasteiger partial charge in [-0.2, -0.15) is 0 Å². The Hall–Kier alpha value is -2.73. The first kappa shape index (κ1) is 20.5. The van der Waals surface area contributed by atoms with Gasteiger partial charge in [0.2, 0.25) is 5.91 Å². The molecule has 1 N–H and O–H groups in total. The molecule has 3 amide bonds. The maximum absolute atomic E-state index is 12.9. The Morgan fingerprint density at radius 2 is 1.70 bits per heavy atom. The van der Waals surface area contributed by atoms with Crippen LogP contribution in [-0.4, -0.2) is 52.0 Å². The SMILES string of the molecule is Cc1ccccc1NC(=O)N1CCC2(CC1)SCCN2C(=O)C=Cc1ccccc1. The number of nitrogens with zero attached hydrogens (tertiary/aromatic N) is 2. The summed E-state index contributed by atoms with van der Waals surface area (Å²) in [6.07, 6.45) is 5.15. The molecule has 2 saturated heterocycles. The van der Waals surface area contributed by atoms with E-state index in [4.69, 9.17) is 0 Å². The number of carbonyl (C=O) groups excluding carboxylic acids is 2. The van der Waals surface area contributed by atoms with Crippen molar-refractivity contribution in [1.29, 1.82) is 0 Å². The molecule has 0 aromatic heterocycles. The molecule has 0 aliphatic carbocycles. The van der Waals surface area contributed by atoms with Crippen molar-refractivity contribution in [1.82, 2.24) is 9.80 Å². The first-order valence-corrected chi connectivity index (χ1v) is 11.4. The smallest absolute Gasteiger partial charge is 0.321 e. The van der Waals surface area contributed by atoms with Crippen molar-refractivity contribution in [2.24, 2.45) is 0 Å². The van der Waals surface area contributed by atoms with Gasteiger partial charge in [0, 0.05) is 37.2 Å². The molecule has 0 saturated carbocycles. The average molecular weight is 422 g/mol. The van der Waals surface area contributed by atoms with Crippen LogP contribution in [-0.2, 0) is 4.79 Å². The summed E-state index contributed by atoms with van der Waals surface area (Å²) in [4.78, 5) is 29.3. The minimum absolute atomic E-state index is 0.0571. The molecular formula is C24H27N3O2S. The van der Waals surface area contributed by atoms with E-state index in [1.807, 2.05) is 89.2 Å². The first-order chi connectivity index (χ1) is 14.6. The van der Waals surface area contributed by atoms with Gasteiger partial charge in [-0.3, -0.25) is 4.79 Å². The summed E-state index contributed by atoms with van der Waals surface area (Å²) in [6, 6.07) is 17.6. The normalized spacial score (nSPS) is 18.2. The highest BCUT2D eigenvalue weighted by atomic mass is 32.2. The van der Waals surface area contributed by atoms with Crippen LogP contribution in [0.1, 0.15) is 24.0 Å². The summed E-state index contributed by atoms with van der Waals surface area (Å²) >= 11 is 1.86. The Bertz CT molecular complexity index is 936. The third-order valence-corrected chi connectivity index (χ3v) is 7.43. The topological polar surface area (TPSA) is 52.7 Å². The van der Waals surface area contributed by atoms with Crippen molar-refractivity contribution in [3.63, 3.8) is 0 Å². The lowest BCUT2D eigenvalue weighted by Crippen LogP contribution is -2.54. The molecule has 1 spiro atoms. The highest BCUT2D eigenvalue weighted by Gasteiger charge is 2.46. The van der Waals surface area contributed by atoms with Crippen LogP contribution in [0, 0.1) is 6.92 Å². The summed E-state index contributed by atoms with van der Waals surface area (Å²) in [5.74, 6) is 1.00. The Kier molecular flexibility index (Phi) is 6.13. The summed E-state index contributed by atoms with van der Waals surface area (Å²) in [6.45, 7) is 4.05. The van der Waals surface area contributed by atoms with E-state index < -0.39 is 0 Å². The largest absolute Gasteiger partial charge is 0.324 e. The number of piperidine rings is 1. The minimum atomic E-state index is -0.197. The van der Waals surface area contributed by atoms with Gasteiger partial charge in [0.05, 0.1) is 4.87 Å². The van der Waals surface area contributed by atoms with Crippen LogP contribution < -0.4 is 5.32 Å². The number of aryl methyl sites for hydroxylation is 1. The van der Waals surface area contributed by atoms with Gasteiger partial charge in [-0.05, 0) is 43.0 Å². The van der Waals surface area contributed by atoms with E-state index in [1.165, 1.54) is 0 Å². The van der Waals surface area contributed by atoms with Gasteiger partial charge in [0.25, 0.3) is 0 Å². The zero-order valence-corrected chi connectivity index (χ0v) is 18.0. The molecule has 156 valence electrons. The summed E-state index contributed by atoms with van der Waals surface area (Å²) in [7, 11) is 0. The second kappa shape index (κ2) is 8.96. The molecular weight excluding hydrogens is 394 g/mol. The number of rotatable bonds is 3. The highest BCUT2D eigenvalue weighted by Crippen LogP contribution is 2.44. The van der Waals surface area contributed by atoms with Gasteiger partial charge < -0.3 is 15.1 Å². The van der Waals surface area contributed by atoms with Gasteiger partial charge in [0.1, 0.15) is 0 Å². The molecule has 30 heavy (non-hydrogen) atoms. The van der Waals surface area contributed by atoms with Crippen LogP contribution in [0.4, 0.5) is 10.5 Å². The van der Waals surface area contributed by atoms with Crippen LogP contribution in [0.5, 0.6) is 0 Å².